The number of nitrogens with zero attached hydrogens (tertiary/aromatic N) is 1. The molecule has 1 heterocycles. The van der Waals surface area contributed by atoms with E-state index < -0.39 is 0 Å². The van der Waals surface area contributed by atoms with Gasteiger partial charge in [-0.3, -0.25) is 4.79 Å². The predicted molar refractivity (Wildman–Crippen MR) is 95.6 cm³/mol. The van der Waals surface area contributed by atoms with Crippen LogP contribution in [0.4, 0.5) is 4.79 Å². The smallest absolute Gasteiger partial charge is 0.315 e. The summed E-state index contributed by atoms with van der Waals surface area (Å²) in [5.41, 5.74) is 0. The number of carbonyl (C=O) groups is 2. The van der Waals surface area contributed by atoms with Crippen LogP contribution >= 0.6 is 11.8 Å². The van der Waals surface area contributed by atoms with Crippen LogP contribution in [0.3, 0.4) is 0 Å². The Labute approximate surface area is 144 Å². The summed E-state index contributed by atoms with van der Waals surface area (Å²) in [6.07, 6.45) is 3.60. The fourth-order valence-electron chi connectivity index (χ4n) is 3.13. The van der Waals surface area contributed by atoms with Gasteiger partial charge in [-0.05, 0) is 38.5 Å². The van der Waals surface area contributed by atoms with Gasteiger partial charge in [-0.15, -0.1) is 0 Å². The summed E-state index contributed by atoms with van der Waals surface area (Å²) in [5, 5.41) is 6.05. The Morgan fingerprint density at radius 2 is 1.65 bits per heavy atom. The minimum Gasteiger partial charge on any atom is -0.341 e. The first kappa shape index (κ1) is 18.4. The molecule has 1 saturated carbocycles. The highest BCUT2D eigenvalue weighted by Crippen LogP contribution is 2.27. The van der Waals surface area contributed by atoms with Gasteiger partial charge in [-0.2, -0.15) is 11.8 Å². The van der Waals surface area contributed by atoms with Crippen molar-refractivity contribution in [1.29, 1.82) is 0 Å². The van der Waals surface area contributed by atoms with Gasteiger partial charge in [0.25, 0.3) is 0 Å². The van der Waals surface area contributed by atoms with Crippen molar-refractivity contribution in [2.24, 2.45) is 11.8 Å². The third-order valence-corrected chi connectivity index (χ3v) is 6.04. The molecule has 3 amide bonds. The van der Waals surface area contributed by atoms with Gasteiger partial charge in [0.2, 0.25) is 5.91 Å². The maximum absolute atomic E-state index is 12.5. The third-order valence-electron chi connectivity index (χ3n) is 5.09. The molecule has 0 aromatic heterocycles. The van der Waals surface area contributed by atoms with Crippen LogP contribution in [0.1, 0.15) is 46.5 Å². The van der Waals surface area contributed by atoms with E-state index in [9.17, 15) is 9.59 Å². The van der Waals surface area contributed by atoms with Crippen LogP contribution in [0.2, 0.25) is 0 Å². The van der Waals surface area contributed by atoms with Crippen LogP contribution in [-0.4, -0.2) is 53.5 Å². The van der Waals surface area contributed by atoms with Gasteiger partial charge in [0, 0.05) is 42.6 Å². The quantitative estimate of drug-likeness (QED) is 0.826. The Bertz CT molecular complexity index is 403. The van der Waals surface area contributed by atoms with E-state index in [4.69, 9.17) is 0 Å². The van der Waals surface area contributed by atoms with Gasteiger partial charge in [-0.25, -0.2) is 4.79 Å². The molecule has 1 unspecified atom stereocenters. The number of rotatable bonds is 4. The van der Waals surface area contributed by atoms with Crippen LogP contribution in [0, 0.1) is 11.8 Å². The van der Waals surface area contributed by atoms with Gasteiger partial charge in [0.1, 0.15) is 0 Å². The maximum atomic E-state index is 12.5. The number of urea groups is 1. The highest BCUT2D eigenvalue weighted by atomic mass is 32.2. The molecule has 1 aliphatic heterocycles. The summed E-state index contributed by atoms with van der Waals surface area (Å²) in [5.74, 6) is 3.06. The second-order valence-electron chi connectivity index (χ2n) is 7.14. The topological polar surface area (TPSA) is 61.4 Å². The summed E-state index contributed by atoms with van der Waals surface area (Å²) >= 11 is 1.93. The van der Waals surface area contributed by atoms with Crippen LogP contribution in [0.15, 0.2) is 0 Å². The van der Waals surface area contributed by atoms with Crippen molar-refractivity contribution in [2.75, 3.05) is 24.6 Å². The number of carbonyl (C=O) groups excluding carboxylic acids is 2. The number of hydrogen-bond donors (Lipinski definition) is 2. The van der Waals surface area contributed by atoms with Gasteiger partial charge in [-0.1, -0.05) is 13.8 Å². The van der Waals surface area contributed by atoms with E-state index in [2.05, 4.69) is 24.5 Å². The molecular formula is C17H31N3O2S. The van der Waals surface area contributed by atoms with Gasteiger partial charge in [0.15, 0.2) is 0 Å². The van der Waals surface area contributed by atoms with Crippen LogP contribution < -0.4 is 10.6 Å². The largest absolute Gasteiger partial charge is 0.341 e. The van der Waals surface area contributed by atoms with Gasteiger partial charge < -0.3 is 15.5 Å². The summed E-state index contributed by atoms with van der Waals surface area (Å²) < 4.78 is 0. The van der Waals surface area contributed by atoms with Crippen molar-refractivity contribution in [3.05, 3.63) is 0 Å². The molecule has 2 N–H and O–H groups in total. The second-order valence-corrected chi connectivity index (χ2v) is 8.36. The molecule has 0 aromatic rings. The molecule has 1 atom stereocenters. The predicted octanol–water partition coefficient (Wildman–Crippen LogP) is 2.46. The highest BCUT2D eigenvalue weighted by Gasteiger charge is 2.30. The molecule has 132 valence electrons. The standard InChI is InChI=1S/C17H31N3O2S/c1-12(2)13(3)18-17(22)19-15-6-4-14(5-7-15)16(21)20-8-10-23-11-9-20/h12-15H,4-11H2,1-3H3,(H2,18,19,22). The summed E-state index contributed by atoms with van der Waals surface area (Å²) in [7, 11) is 0. The number of hydrogen-bond acceptors (Lipinski definition) is 3. The molecular weight excluding hydrogens is 310 g/mol. The SMILES string of the molecule is CC(C)C(C)NC(=O)NC1CCC(C(=O)N2CCSCC2)CC1. The van der Waals surface area contributed by atoms with Crippen LogP contribution in [0.25, 0.3) is 0 Å². The Morgan fingerprint density at radius 3 is 2.22 bits per heavy atom. The molecule has 6 heteroatoms. The second kappa shape index (κ2) is 8.81. The van der Waals surface area contributed by atoms with Crippen molar-refractivity contribution < 1.29 is 9.59 Å². The zero-order chi connectivity index (χ0) is 16.8. The van der Waals surface area contributed by atoms with E-state index in [1.807, 2.05) is 23.6 Å². The molecule has 0 radical (unpaired) electrons. The maximum Gasteiger partial charge on any atom is 0.315 e. The van der Waals surface area contributed by atoms with E-state index in [-0.39, 0.29) is 24.0 Å². The van der Waals surface area contributed by atoms with E-state index in [1.165, 1.54) is 0 Å². The molecule has 23 heavy (non-hydrogen) atoms. The minimum absolute atomic E-state index is 0.0750. The third kappa shape index (κ3) is 5.59. The number of nitrogens with one attached hydrogen (secondary N) is 2. The average Bonchev–Trinajstić information content (AvgIpc) is 2.55. The van der Waals surface area contributed by atoms with E-state index in [0.717, 1.165) is 50.3 Å². The Hall–Kier alpha value is -0.910. The van der Waals surface area contributed by atoms with Crippen molar-refractivity contribution >= 4 is 23.7 Å². The van der Waals surface area contributed by atoms with Crippen LogP contribution in [0.5, 0.6) is 0 Å². The van der Waals surface area contributed by atoms with Crippen molar-refractivity contribution in [1.82, 2.24) is 15.5 Å². The molecule has 1 aliphatic carbocycles. The molecule has 5 nitrogen and oxygen atoms in total. The fraction of sp³-hybridized carbons (Fsp3) is 0.882. The molecule has 2 aliphatic rings. The van der Waals surface area contributed by atoms with Gasteiger partial charge in [0.05, 0.1) is 0 Å². The Kier molecular flexibility index (Phi) is 7.06. The van der Waals surface area contributed by atoms with Crippen molar-refractivity contribution in [2.45, 2.75) is 58.5 Å². The number of amides is 3. The van der Waals surface area contributed by atoms with E-state index in [0.29, 0.717) is 11.8 Å². The van der Waals surface area contributed by atoms with Crippen LogP contribution in [-0.2, 0) is 4.79 Å². The lowest BCUT2D eigenvalue weighted by molar-refractivity contribution is -0.136. The molecule has 0 spiro atoms. The zero-order valence-electron chi connectivity index (χ0n) is 14.6. The summed E-state index contributed by atoms with van der Waals surface area (Å²) in [6, 6.07) is 0.300. The Morgan fingerprint density at radius 1 is 1.04 bits per heavy atom. The first-order chi connectivity index (χ1) is 11.0. The first-order valence-electron chi connectivity index (χ1n) is 8.91. The lowest BCUT2D eigenvalue weighted by Crippen LogP contribution is -2.49. The fourth-order valence-corrected chi connectivity index (χ4v) is 4.03. The molecule has 0 bridgehead atoms. The summed E-state index contributed by atoms with van der Waals surface area (Å²) in [4.78, 5) is 26.5. The molecule has 2 fully saturated rings. The first-order valence-corrected chi connectivity index (χ1v) is 10.1. The monoisotopic (exact) mass is 341 g/mol. The lowest BCUT2D eigenvalue weighted by atomic mass is 9.85. The van der Waals surface area contributed by atoms with Gasteiger partial charge >= 0.3 is 6.03 Å². The molecule has 1 saturated heterocycles. The summed E-state index contributed by atoms with van der Waals surface area (Å²) in [6.45, 7) is 8.02. The average molecular weight is 342 g/mol. The zero-order valence-corrected chi connectivity index (χ0v) is 15.5. The lowest BCUT2D eigenvalue weighted by Gasteiger charge is -2.34. The Balaban J connectivity index is 1.71. The molecule has 0 aromatic carbocycles. The van der Waals surface area contributed by atoms with E-state index in [1.54, 1.807) is 0 Å². The normalized spacial score (nSPS) is 26.7. The number of thioether (sulfide) groups is 1. The van der Waals surface area contributed by atoms with E-state index >= 15 is 0 Å². The highest BCUT2D eigenvalue weighted by molar-refractivity contribution is 7.99. The minimum atomic E-state index is -0.0750. The van der Waals surface area contributed by atoms with Crippen molar-refractivity contribution in [3.8, 4) is 0 Å². The van der Waals surface area contributed by atoms with Crippen molar-refractivity contribution in [3.63, 3.8) is 0 Å². The molecule has 2 rings (SSSR count).